The molecule has 3 aromatic rings. The van der Waals surface area contributed by atoms with Crippen LogP contribution < -0.4 is 10.9 Å². The number of nitrogens with zero attached hydrogens (tertiary/aromatic N) is 3. The molecule has 2 aromatic carbocycles. The van der Waals surface area contributed by atoms with Crippen molar-refractivity contribution in [2.24, 2.45) is 0 Å². The molecule has 0 saturated carbocycles. The van der Waals surface area contributed by atoms with Crippen molar-refractivity contribution in [3.05, 3.63) is 75.5 Å². The molecule has 0 radical (unpaired) electrons. The van der Waals surface area contributed by atoms with Gasteiger partial charge in [-0.25, -0.2) is 14.3 Å². The summed E-state index contributed by atoms with van der Waals surface area (Å²) >= 11 is 0. The van der Waals surface area contributed by atoms with Gasteiger partial charge in [-0.1, -0.05) is 24.3 Å². The zero-order valence-corrected chi connectivity index (χ0v) is 19.0. The quantitative estimate of drug-likeness (QED) is 0.547. The summed E-state index contributed by atoms with van der Waals surface area (Å²) in [5.41, 5.74) is 0.757. The van der Waals surface area contributed by atoms with Gasteiger partial charge in [-0.15, -0.1) is 0 Å². The Morgan fingerprint density at radius 2 is 1.82 bits per heavy atom. The third-order valence-corrected chi connectivity index (χ3v) is 5.21. The summed E-state index contributed by atoms with van der Waals surface area (Å²) in [6.07, 6.45) is 0.837. The third-order valence-electron chi connectivity index (χ3n) is 5.21. The Balaban J connectivity index is 1.91. The van der Waals surface area contributed by atoms with Crippen LogP contribution in [0.25, 0.3) is 10.8 Å². The number of hydrogen-bond acceptors (Lipinski definition) is 5. The van der Waals surface area contributed by atoms with Crippen LogP contribution in [0.4, 0.5) is 9.18 Å². The van der Waals surface area contributed by atoms with Gasteiger partial charge in [0, 0.05) is 24.9 Å². The van der Waals surface area contributed by atoms with Gasteiger partial charge in [0.1, 0.15) is 5.82 Å². The molecule has 1 aromatic heterocycles. The van der Waals surface area contributed by atoms with Gasteiger partial charge >= 0.3 is 6.03 Å². The van der Waals surface area contributed by atoms with Crippen LogP contribution in [0.5, 0.6) is 0 Å². The minimum absolute atomic E-state index is 0.165. The number of aromatic amines is 1. The zero-order chi connectivity index (χ0) is 24.0. The average molecular weight is 454 g/mol. The number of urea groups is 1. The van der Waals surface area contributed by atoms with Gasteiger partial charge in [0.05, 0.1) is 16.6 Å². The van der Waals surface area contributed by atoms with E-state index in [2.05, 4.69) is 15.5 Å². The van der Waals surface area contributed by atoms with Crippen molar-refractivity contribution in [3.63, 3.8) is 0 Å². The van der Waals surface area contributed by atoms with Gasteiger partial charge < -0.3 is 10.2 Å². The number of fused-ring (bicyclic) bond motifs is 1. The number of carbonyl (C=O) groups is 2. The highest BCUT2D eigenvalue weighted by atomic mass is 19.1. The molecule has 0 unspecified atom stereocenters. The largest absolute Gasteiger partial charge is 0.338 e. The van der Waals surface area contributed by atoms with E-state index in [1.165, 1.54) is 12.1 Å². The Kier molecular flexibility index (Phi) is 7.89. The molecule has 0 saturated heterocycles. The molecule has 0 fully saturated rings. The van der Waals surface area contributed by atoms with Crippen molar-refractivity contribution in [2.75, 3.05) is 33.7 Å². The van der Waals surface area contributed by atoms with Crippen LogP contribution in [0.2, 0.25) is 0 Å². The standard InChI is InChI=1S/C24H28FN5O3/c1-4-26-24(33)30(13-7-12-29(2)3)23(32)19-14-16(10-11-20(19)25)15-21-17-8-5-6-9-18(17)22(31)28-27-21/h5-6,8-11,14H,4,7,12-13,15H2,1-3H3,(H,26,33)(H,28,31). The van der Waals surface area contributed by atoms with E-state index in [1.807, 2.05) is 25.1 Å². The Bertz CT molecular complexity index is 1210. The maximum atomic E-state index is 14.7. The molecule has 3 rings (SSSR count). The molecular formula is C24H28FN5O3. The maximum Gasteiger partial charge on any atom is 0.324 e. The highest BCUT2D eigenvalue weighted by molar-refractivity contribution is 6.04. The molecule has 0 aliphatic rings. The van der Waals surface area contributed by atoms with Gasteiger partial charge in [0.15, 0.2) is 0 Å². The van der Waals surface area contributed by atoms with E-state index >= 15 is 0 Å². The van der Waals surface area contributed by atoms with Crippen molar-refractivity contribution in [3.8, 4) is 0 Å². The van der Waals surface area contributed by atoms with Gasteiger partial charge in [-0.05, 0) is 57.7 Å². The second-order valence-corrected chi connectivity index (χ2v) is 7.99. The molecule has 3 amide bonds. The lowest BCUT2D eigenvalue weighted by molar-refractivity contribution is 0.0792. The normalized spacial score (nSPS) is 11.1. The van der Waals surface area contributed by atoms with Crippen LogP contribution in [-0.2, 0) is 6.42 Å². The monoisotopic (exact) mass is 453 g/mol. The van der Waals surface area contributed by atoms with E-state index in [0.717, 1.165) is 4.90 Å². The van der Waals surface area contributed by atoms with E-state index in [1.54, 1.807) is 31.2 Å². The van der Waals surface area contributed by atoms with Gasteiger partial charge in [-0.2, -0.15) is 5.10 Å². The second-order valence-electron chi connectivity index (χ2n) is 7.99. The molecule has 33 heavy (non-hydrogen) atoms. The number of hydrogen-bond donors (Lipinski definition) is 2. The highest BCUT2D eigenvalue weighted by Gasteiger charge is 2.25. The maximum absolute atomic E-state index is 14.7. The number of halogens is 1. The Hall–Kier alpha value is -3.59. The summed E-state index contributed by atoms with van der Waals surface area (Å²) < 4.78 is 14.7. The minimum Gasteiger partial charge on any atom is -0.338 e. The summed E-state index contributed by atoms with van der Waals surface area (Å²) in [4.78, 5) is 40.7. The molecule has 1 heterocycles. The molecule has 0 aliphatic heterocycles. The molecule has 174 valence electrons. The lowest BCUT2D eigenvalue weighted by Gasteiger charge is -2.22. The summed E-state index contributed by atoms with van der Waals surface area (Å²) in [5.74, 6) is -1.40. The van der Waals surface area contributed by atoms with Crippen LogP contribution in [0.3, 0.4) is 0 Å². The first-order valence-corrected chi connectivity index (χ1v) is 10.8. The Morgan fingerprint density at radius 3 is 2.52 bits per heavy atom. The number of imide groups is 1. The Labute approximate surface area is 191 Å². The number of nitrogens with one attached hydrogen (secondary N) is 2. The van der Waals surface area contributed by atoms with Gasteiger partial charge in [0.25, 0.3) is 11.5 Å². The molecule has 0 spiro atoms. The predicted octanol–water partition coefficient (Wildman–Crippen LogP) is 2.78. The molecule has 9 heteroatoms. The molecule has 0 atom stereocenters. The van der Waals surface area contributed by atoms with Crippen molar-refractivity contribution < 1.29 is 14.0 Å². The minimum atomic E-state index is -0.704. The average Bonchev–Trinajstić information content (AvgIpc) is 2.79. The summed E-state index contributed by atoms with van der Waals surface area (Å²) in [6, 6.07) is 10.7. The van der Waals surface area contributed by atoms with E-state index in [-0.39, 0.29) is 24.1 Å². The van der Waals surface area contributed by atoms with Crippen molar-refractivity contribution in [1.29, 1.82) is 0 Å². The topological polar surface area (TPSA) is 98.4 Å². The van der Waals surface area contributed by atoms with Crippen molar-refractivity contribution >= 4 is 22.7 Å². The summed E-state index contributed by atoms with van der Waals surface area (Å²) in [6.45, 7) is 2.95. The van der Waals surface area contributed by atoms with E-state index in [4.69, 9.17) is 0 Å². The van der Waals surface area contributed by atoms with E-state index in [9.17, 15) is 18.8 Å². The first-order valence-electron chi connectivity index (χ1n) is 10.8. The number of benzene rings is 2. The predicted molar refractivity (Wildman–Crippen MR) is 125 cm³/mol. The summed E-state index contributed by atoms with van der Waals surface area (Å²) in [5, 5.41) is 10.4. The third kappa shape index (κ3) is 5.81. The first-order chi connectivity index (χ1) is 15.8. The Morgan fingerprint density at radius 1 is 1.09 bits per heavy atom. The summed E-state index contributed by atoms with van der Waals surface area (Å²) in [7, 11) is 3.80. The van der Waals surface area contributed by atoms with Crippen LogP contribution in [0.1, 0.15) is 35.0 Å². The first kappa shape index (κ1) is 24.1. The van der Waals surface area contributed by atoms with Crippen LogP contribution in [-0.4, -0.2) is 65.7 Å². The fraction of sp³-hybridized carbons (Fsp3) is 0.333. The number of rotatable bonds is 8. The van der Waals surface area contributed by atoms with Gasteiger partial charge in [-0.3, -0.25) is 14.5 Å². The SMILES string of the molecule is CCNC(=O)N(CCCN(C)C)C(=O)c1cc(Cc2n[nH]c(=O)c3ccccc23)ccc1F. The lowest BCUT2D eigenvalue weighted by Crippen LogP contribution is -2.45. The number of carbonyl (C=O) groups excluding carboxylic acids is 2. The fourth-order valence-electron chi connectivity index (χ4n) is 3.58. The van der Waals surface area contributed by atoms with Crippen LogP contribution in [0.15, 0.2) is 47.3 Å². The molecule has 8 nitrogen and oxygen atoms in total. The zero-order valence-electron chi connectivity index (χ0n) is 19.0. The van der Waals surface area contributed by atoms with Crippen LogP contribution in [0, 0.1) is 5.82 Å². The van der Waals surface area contributed by atoms with Crippen LogP contribution >= 0.6 is 0 Å². The van der Waals surface area contributed by atoms with E-state index in [0.29, 0.717) is 41.5 Å². The van der Waals surface area contributed by atoms with Crippen molar-refractivity contribution in [2.45, 2.75) is 19.8 Å². The molecule has 0 aliphatic carbocycles. The number of H-pyrrole nitrogens is 1. The number of aromatic nitrogens is 2. The fourth-order valence-corrected chi connectivity index (χ4v) is 3.58. The van der Waals surface area contributed by atoms with Crippen molar-refractivity contribution in [1.82, 2.24) is 25.3 Å². The highest BCUT2D eigenvalue weighted by Crippen LogP contribution is 2.19. The van der Waals surface area contributed by atoms with E-state index < -0.39 is 17.8 Å². The molecule has 0 bridgehead atoms. The van der Waals surface area contributed by atoms with Gasteiger partial charge in [0.2, 0.25) is 0 Å². The number of amides is 3. The smallest absolute Gasteiger partial charge is 0.324 e. The second kappa shape index (κ2) is 10.8. The lowest BCUT2D eigenvalue weighted by atomic mass is 10.0. The molecule has 2 N–H and O–H groups in total. The molecular weight excluding hydrogens is 425 g/mol.